The average molecular weight is 373 g/mol. The molecule has 2 aromatic carbocycles. The first-order valence-corrected chi connectivity index (χ1v) is 8.44. The molecule has 0 aromatic heterocycles. The maximum absolute atomic E-state index is 13.9. The van der Waals surface area contributed by atoms with E-state index in [0.29, 0.717) is 5.75 Å². The van der Waals surface area contributed by atoms with Crippen LogP contribution in [-0.2, 0) is 4.79 Å². The summed E-state index contributed by atoms with van der Waals surface area (Å²) in [5, 5.41) is 9.61. The van der Waals surface area contributed by atoms with Gasteiger partial charge >= 0.3 is 5.97 Å². The number of carbonyl (C=O) groups is 2. The summed E-state index contributed by atoms with van der Waals surface area (Å²) in [7, 11) is 2.88. The first kappa shape index (κ1) is 18.7. The van der Waals surface area contributed by atoms with E-state index in [1.807, 2.05) is 6.07 Å². The molecule has 2 unspecified atom stereocenters. The Hall–Kier alpha value is -3.09. The SMILES string of the molecule is COc1cccc(C2CN(C(=O)c3ccc(OC)c(F)c3)CC2C(=O)O)c1. The summed E-state index contributed by atoms with van der Waals surface area (Å²) in [5.74, 6) is -2.47. The Morgan fingerprint density at radius 3 is 2.52 bits per heavy atom. The van der Waals surface area contributed by atoms with Crippen molar-refractivity contribution in [2.75, 3.05) is 27.3 Å². The lowest BCUT2D eigenvalue weighted by Gasteiger charge is -2.17. The molecule has 1 aliphatic heterocycles. The van der Waals surface area contributed by atoms with Crippen LogP contribution in [0.25, 0.3) is 0 Å². The summed E-state index contributed by atoms with van der Waals surface area (Å²) in [4.78, 5) is 26.0. The fraction of sp³-hybridized carbons (Fsp3) is 0.300. The number of methoxy groups -OCH3 is 2. The summed E-state index contributed by atoms with van der Waals surface area (Å²) in [6.45, 7) is 0.292. The van der Waals surface area contributed by atoms with Crippen LogP contribution in [0.3, 0.4) is 0 Å². The topological polar surface area (TPSA) is 76.1 Å². The van der Waals surface area contributed by atoms with Crippen molar-refractivity contribution in [1.29, 1.82) is 0 Å². The van der Waals surface area contributed by atoms with Gasteiger partial charge in [-0.2, -0.15) is 0 Å². The molecule has 1 saturated heterocycles. The van der Waals surface area contributed by atoms with Crippen LogP contribution < -0.4 is 9.47 Å². The minimum Gasteiger partial charge on any atom is -0.497 e. The van der Waals surface area contributed by atoms with Gasteiger partial charge in [0.1, 0.15) is 5.75 Å². The smallest absolute Gasteiger partial charge is 0.308 e. The highest BCUT2D eigenvalue weighted by molar-refractivity contribution is 5.95. The molecule has 1 heterocycles. The molecular weight excluding hydrogens is 353 g/mol. The number of ether oxygens (including phenoxy) is 2. The van der Waals surface area contributed by atoms with Crippen LogP contribution in [0.2, 0.25) is 0 Å². The summed E-state index contributed by atoms with van der Waals surface area (Å²) in [5.41, 5.74) is 0.946. The van der Waals surface area contributed by atoms with Crippen molar-refractivity contribution in [2.45, 2.75) is 5.92 Å². The first-order chi connectivity index (χ1) is 12.9. The van der Waals surface area contributed by atoms with Crippen molar-refractivity contribution < 1.29 is 28.6 Å². The third kappa shape index (κ3) is 3.72. The van der Waals surface area contributed by atoms with Gasteiger partial charge in [-0.05, 0) is 35.9 Å². The second-order valence-electron chi connectivity index (χ2n) is 6.39. The molecule has 0 radical (unpaired) electrons. The van der Waals surface area contributed by atoms with E-state index in [1.54, 1.807) is 18.2 Å². The minimum absolute atomic E-state index is 0.0469. The molecule has 3 rings (SSSR count). The molecule has 1 amide bonds. The van der Waals surface area contributed by atoms with Crippen molar-refractivity contribution in [3.05, 3.63) is 59.4 Å². The number of benzene rings is 2. The molecule has 142 valence electrons. The standard InChI is InChI=1S/C20H20FNO5/c1-26-14-5-3-4-12(8-14)15-10-22(11-16(15)20(24)25)19(23)13-6-7-18(27-2)17(21)9-13/h3-9,15-16H,10-11H2,1-2H3,(H,24,25). The Balaban J connectivity index is 1.86. The van der Waals surface area contributed by atoms with E-state index in [2.05, 4.69) is 0 Å². The third-order valence-corrected chi connectivity index (χ3v) is 4.84. The summed E-state index contributed by atoms with van der Waals surface area (Å²) >= 11 is 0. The predicted octanol–water partition coefficient (Wildman–Crippen LogP) is 2.78. The van der Waals surface area contributed by atoms with Gasteiger partial charge in [0.2, 0.25) is 0 Å². The van der Waals surface area contributed by atoms with E-state index in [4.69, 9.17) is 9.47 Å². The van der Waals surface area contributed by atoms with Crippen molar-refractivity contribution in [1.82, 2.24) is 4.90 Å². The van der Waals surface area contributed by atoms with Crippen molar-refractivity contribution >= 4 is 11.9 Å². The van der Waals surface area contributed by atoms with Gasteiger partial charge in [-0.15, -0.1) is 0 Å². The molecule has 0 spiro atoms. The lowest BCUT2D eigenvalue weighted by molar-refractivity contribution is -0.141. The zero-order valence-corrected chi connectivity index (χ0v) is 15.0. The maximum Gasteiger partial charge on any atom is 0.308 e. The van der Waals surface area contributed by atoms with Crippen LogP contribution in [0.1, 0.15) is 21.8 Å². The highest BCUT2D eigenvalue weighted by Crippen LogP contribution is 2.35. The summed E-state index contributed by atoms with van der Waals surface area (Å²) in [6, 6.07) is 11.1. The van der Waals surface area contributed by atoms with Gasteiger partial charge in [0, 0.05) is 24.6 Å². The lowest BCUT2D eigenvalue weighted by Crippen LogP contribution is -2.30. The molecular formula is C20H20FNO5. The molecule has 1 fully saturated rings. The molecule has 6 nitrogen and oxygen atoms in total. The molecule has 2 atom stereocenters. The monoisotopic (exact) mass is 373 g/mol. The predicted molar refractivity (Wildman–Crippen MR) is 95.7 cm³/mol. The zero-order valence-electron chi connectivity index (χ0n) is 15.0. The third-order valence-electron chi connectivity index (χ3n) is 4.84. The van der Waals surface area contributed by atoms with Gasteiger partial charge in [0.15, 0.2) is 11.6 Å². The number of hydrogen-bond acceptors (Lipinski definition) is 4. The average Bonchev–Trinajstić information content (AvgIpc) is 3.13. The highest BCUT2D eigenvalue weighted by Gasteiger charge is 2.40. The van der Waals surface area contributed by atoms with Crippen LogP contribution in [0, 0.1) is 11.7 Å². The van der Waals surface area contributed by atoms with Crippen molar-refractivity contribution in [2.24, 2.45) is 5.92 Å². The molecule has 1 aliphatic rings. The number of carbonyl (C=O) groups excluding carboxylic acids is 1. The Morgan fingerprint density at radius 1 is 1.11 bits per heavy atom. The number of aliphatic carboxylic acids is 1. The van der Waals surface area contributed by atoms with E-state index in [9.17, 15) is 19.1 Å². The number of likely N-dealkylation sites (tertiary alicyclic amines) is 1. The molecule has 1 N–H and O–H groups in total. The first-order valence-electron chi connectivity index (χ1n) is 8.44. The van der Waals surface area contributed by atoms with E-state index < -0.39 is 23.6 Å². The number of carboxylic acids is 1. The van der Waals surface area contributed by atoms with Gasteiger partial charge in [0.05, 0.1) is 20.1 Å². The van der Waals surface area contributed by atoms with E-state index >= 15 is 0 Å². The van der Waals surface area contributed by atoms with Gasteiger partial charge in [0.25, 0.3) is 5.91 Å². The molecule has 0 bridgehead atoms. The van der Waals surface area contributed by atoms with Gasteiger partial charge in [-0.3, -0.25) is 9.59 Å². The van der Waals surface area contributed by atoms with E-state index in [0.717, 1.165) is 11.6 Å². The second kappa shape index (κ2) is 7.65. The minimum atomic E-state index is -0.973. The fourth-order valence-corrected chi connectivity index (χ4v) is 3.41. The Kier molecular flexibility index (Phi) is 5.30. The zero-order chi connectivity index (χ0) is 19.6. The maximum atomic E-state index is 13.9. The number of amides is 1. The van der Waals surface area contributed by atoms with Crippen LogP contribution in [0.5, 0.6) is 11.5 Å². The van der Waals surface area contributed by atoms with E-state index in [1.165, 1.54) is 31.3 Å². The molecule has 7 heteroatoms. The Bertz CT molecular complexity index is 869. The van der Waals surface area contributed by atoms with E-state index in [-0.39, 0.29) is 30.3 Å². The number of halogens is 1. The van der Waals surface area contributed by atoms with Gasteiger partial charge in [-0.1, -0.05) is 12.1 Å². The second-order valence-corrected chi connectivity index (χ2v) is 6.39. The number of nitrogens with zero attached hydrogens (tertiary/aromatic N) is 1. The molecule has 2 aromatic rings. The number of hydrogen-bond donors (Lipinski definition) is 1. The number of rotatable bonds is 5. The van der Waals surface area contributed by atoms with Crippen molar-refractivity contribution in [3.63, 3.8) is 0 Å². The van der Waals surface area contributed by atoms with Crippen LogP contribution >= 0.6 is 0 Å². The van der Waals surface area contributed by atoms with Crippen LogP contribution in [0.4, 0.5) is 4.39 Å². The fourth-order valence-electron chi connectivity index (χ4n) is 3.41. The largest absolute Gasteiger partial charge is 0.497 e. The van der Waals surface area contributed by atoms with Crippen LogP contribution in [-0.4, -0.2) is 49.2 Å². The quantitative estimate of drug-likeness (QED) is 0.872. The van der Waals surface area contributed by atoms with Crippen LogP contribution in [0.15, 0.2) is 42.5 Å². The lowest BCUT2D eigenvalue weighted by atomic mass is 9.89. The normalized spacial score (nSPS) is 19.0. The highest BCUT2D eigenvalue weighted by atomic mass is 19.1. The van der Waals surface area contributed by atoms with Crippen molar-refractivity contribution in [3.8, 4) is 11.5 Å². The Labute approximate surface area is 156 Å². The van der Waals surface area contributed by atoms with Gasteiger partial charge < -0.3 is 19.5 Å². The molecule has 27 heavy (non-hydrogen) atoms. The summed E-state index contributed by atoms with van der Waals surface area (Å²) < 4.78 is 24.0. The Morgan fingerprint density at radius 2 is 1.89 bits per heavy atom. The summed E-state index contributed by atoms with van der Waals surface area (Å²) in [6.07, 6.45) is 0. The molecule has 0 saturated carbocycles. The molecule has 0 aliphatic carbocycles. The number of carboxylic acid groups (broad SMARTS) is 1. The van der Waals surface area contributed by atoms with Gasteiger partial charge in [-0.25, -0.2) is 4.39 Å².